The second kappa shape index (κ2) is 3.73. The topological polar surface area (TPSA) is 20.3 Å². The second-order valence-electron chi connectivity index (χ2n) is 3.65. The molecule has 1 aliphatic rings. The Morgan fingerprint density at radius 3 is 2.64 bits per heavy atom. The molecule has 0 unspecified atom stereocenters. The van der Waals surface area contributed by atoms with Crippen molar-refractivity contribution in [2.45, 2.75) is 25.3 Å². The largest absolute Gasteiger partial charge is 0.275 e. The van der Waals surface area contributed by atoms with Crippen molar-refractivity contribution in [2.24, 2.45) is 0 Å². The van der Waals surface area contributed by atoms with Crippen molar-refractivity contribution in [3.63, 3.8) is 0 Å². The molecule has 0 spiro atoms. The average molecular weight is 254 g/mol. The molecule has 0 heterocycles. The minimum absolute atomic E-state index is 0.0773. The maximum atomic E-state index is 11.1. The smallest absolute Gasteiger partial charge is 0.229 e. The van der Waals surface area contributed by atoms with Crippen molar-refractivity contribution in [1.29, 1.82) is 0 Å². The van der Waals surface area contributed by atoms with E-state index in [2.05, 4.69) is 28.3 Å². The molecule has 1 saturated carbocycles. The third kappa shape index (κ3) is 1.82. The summed E-state index contributed by atoms with van der Waals surface area (Å²) in [5.74, 6) is 0.591. The molecule has 1 amide bonds. The number of hydrogen-bond donors (Lipinski definition) is 0. The zero-order valence-corrected chi connectivity index (χ0v) is 9.57. The molecule has 2 nitrogen and oxygen atoms in total. The summed E-state index contributed by atoms with van der Waals surface area (Å²) in [6.07, 6.45) is 1.06. The van der Waals surface area contributed by atoms with Crippen LogP contribution in [0, 0.1) is 0 Å². The average Bonchev–Trinajstić information content (AvgIpc) is 2.97. The molecule has 1 fully saturated rings. The van der Waals surface area contributed by atoms with Crippen LogP contribution in [-0.2, 0) is 4.79 Å². The molecule has 1 aromatic carbocycles. The van der Waals surface area contributed by atoms with Gasteiger partial charge >= 0.3 is 0 Å². The van der Waals surface area contributed by atoms with Crippen molar-refractivity contribution < 1.29 is 4.79 Å². The summed E-state index contributed by atoms with van der Waals surface area (Å²) in [6.45, 7) is 1.58. The third-order valence-corrected chi connectivity index (χ3v) is 3.60. The standard InChI is InChI=1S/C11H12BrNO/c1-8(14)13(12)11-7-10(11)9-5-3-2-4-6-9/h2-6,10-11H,7H2,1H3/t10-,11+/m0/s1. The zero-order chi connectivity index (χ0) is 10.1. The van der Waals surface area contributed by atoms with Gasteiger partial charge in [-0.3, -0.25) is 8.72 Å². The van der Waals surface area contributed by atoms with Gasteiger partial charge in [0, 0.05) is 12.8 Å². The molecule has 0 bridgehead atoms. The van der Waals surface area contributed by atoms with Crippen molar-refractivity contribution >= 4 is 22.1 Å². The summed E-state index contributed by atoms with van der Waals surface area (Å²) < 4.78 is 1.66. The first kappa shape index (κ1) is 9.71. The van der Waals surface area contributed by atoms with Gasteiger partial charge in [0.1, 0.15) is 0 Å². The molecule has 2 atom stereocenters. The molecule has 0 aromatic heterocycles. The highest BCUT2D eigenvalue weighted by atomic mass is 79.9. The lowest BCUT2D eigenvalue weighted by Gasteiger charge is -2.11. The number of hydrogen-bond acceptors (Lipinski definition) is 1. The molecule has 0 aliphatic heterocycles. The Labute approximate surface area is 92.2 Å². The van der Waals surface area contributed by atoms with Gasteiger partial charge < -0.3 is 0 Å². The maximum Gasteiger partial charge on any atom is 0.229 e. The van der Waals surface area contributed by atoms with Crippen LogP contribution < -0.4 is 0 Å². The quantitative estimate of drug-likeness (QED) is 0.743. The van der Waals surface area contributed by atoms with E-state index >= 15 is 0 Å². The van der Waals surface area contributed by atoms with Gasteiger partial charge in [-0.05, 0) is 12.0 Å². The summed E-state index contributed by atoms with van der Waals surface area (Å²) in [5, 5.41) is 0. The fraction of sp³-hybridized carbons (Fsp3) is 0.364. The number of halogens is 1. The first-order valence-electron chi connectivity index (χ1n) is 4.70. The van der Waals surface area contributed by atoms with Crippen molar-refractivity contribution in [1.82, 2.24) is 3.93 Å². The highest BCUT2D eigenvalue weighted by molar-refractivity contribution is 9.07. The van der Waals surface area contributed by atoms with E-state index in [1.165, 1.54) is 5.56 Å². The fourth-order valence-electron chi connectivity index (χ4n) is 1.72. The predicted molar refractivity (Wildman–Crippen MR) is 59.0 cm³/mol. The lowest BCUT2D eigenvalue weighted by molar-refractivity contribution is -0.123. The molecule has 0 saturated heterocycles. The van der Waals surface area contributed by atoms with Crippen molar-refractivity contribution in [3.05, 3.63) is 35.9 Å². The summed E-state index contributed by atoms with van der Waals surface area (Å²) in [4.78, 5) is 11.1. The normalized spacial score (nSPS) is 24.4. The molecular formula is C11H12BrNO. The van der Waals surface area contributed by atoms with Crippen LogP contribution in [0.15, 0.2) is 30.3 Å². The first-order chi connectivity index (χ1) is 6.70. The molecule has 14 heavy (non-hydrogen) atoms. The summed E-state index contributed by atoms with van der Waals surface area (Å²) in [6, 6.07) is 10.7. The van der Waals surface area contributed by atoms with E-state index in [1.54, 1.807) is 10.8 Å². The van der Waals surface area contributed by atoms with Crippen molar-refractivity contribution in [3.8, 4) is 0 Å². The van der Waals surface area contributed by atoms with E-state index < -0.39 is 0 Å². The van der Waals surface area contributed by atoms with E-state index in [9.17, 15) is 4.79 Å². The molecule has 0 radical (unpaired) electrons. The van der Waals surface area contributed by atoms with Crippen LogP contribution in [0.5, 0.6) is 0 Å². The Kier molecular flexibility index (Phi) is 2.59. The minimum atomic E-state index is 0.0773. The number of carbonyl (C=O) groups excluding carboxylic acids is 1. The fourth-order valence-corrected chi connectivity index (χ4v) is 2.18. The minimum Gasteiger partial charge on any atom is -0.275 e. The Balaban J connectivity index is 2.03. The summed E-state index contributed by atoms with van der Waals surface area (Å²) >= 11 is 3.29. The Hall–Kier alpha value is -0.830. The highest BCUT2D eigenvalue weighted by Gasteiger charge is 2.43. The Morgan fingerprint density at radius 2 is 2.07 bits per heavy atom. The second-order valence-corrected chi connectivity index (χ2v) is 4.41. The van der Waals surface area contributed by atoms with Crippen LogP contribution in [0.3, 0.4) is 0 Å². The first-order valence-corrected chi connectivity index (χ1v) is 5.41. The molecule has 74 valence electrons. The lowest BCUT2D eigenvalue weighted by Crippen LogP contribution is -2.20. The Bertz CT molecular complexity index is 338. The number of rotatable bonds is 2. The van der Waals surface area contributed by atoms with E-state index in [-0.39, 0.29) is 5.91 Å². The number of amides is 1. The van der Waals surface area contributed by atoms with Crippen LogP contribution in [0.25, 0.3) is 0 Å². The molecule has 0 N–H and O–H groups in total. The molecule has 3 heteroatoms. The van der Waals surface area contributed by atoms with Crippen LogP contribution >= 0.6 is 16.1 Å². The van der Waals surface area contributed by atoms with Gasteiger partial charge in [0.2, 0.25) is 5.91 Å². The van der Waals surface area contributed by atoms with Gasteiger partial charge in [-0.15, -0.1) is 0 Å². The third-order valence-electron chi connectivity index (χ3n) is 2.58. The van der Waals surface area contributed by atoms with Crippen LogP contribution in [0.2, 0.25) is 0 Å². The maximum absolute atomic E-state index is 11.1. The van der Waals surface area contributed by atoms with Gasteiger partial charge in [0.25, 0.3) is 0 Å². The van der Waals surface area contributed by atoms with Gasteiger partial charge in [-0.25, -0.2) is 0 Å². The van der Waals surface area contributed by atoms with Gasteiger partial charge in [-0.1, -0.05) is 30.3 Å². The summed E-state index contributed by atoms with van der Waals surface area (Å²) in [5.41, 5.74) is 1.32. The zero-order valence-electron chi connectivity index (χ0n) is 7.98. The van der Waals surface area contributed by atoms with E-state index in [4.69, 9.17) is 0 Å². The highest BCUT2D eigenvalue weighted by Crippen LogP contribution is 2.45. The number of nitrogens with zero attached hydrogens (tertiary/aromatic N) is 1. The van der Waals surface area contributed by atoms with E-state index in [0.717, 1.165) is 6.42 Å². The van der Waals surface area contributed by atoms with E-state index in [1.807, 2.05) is 18.2 Å². The van der Waals surface area contributed by atoms with Crippen LogP contribution in [0.4, 0.5) is 0 Å². The monoisotopic (exact) mass is 253 g/mol. The molecule has 1 aromatic rings. The number of benzene rings is 1. The lowest BCUT2D eigenvalue weighted by atomic mass is 10.1. The Morgan fingerprint density at radius 1 is 1.43 bits per heavy atom. The van der Waals surface area contributed by atoms with Crippen molar-refractivity contribution in [2.75, 3.05) is 0 Å². The van der Waals surface area contributed by atoms with Gasteiger partial charge in [-0.2, -0.15) is 0 Å². The number of carbonyl (C=O) groups is 1. The predicted octanol–water partition coefficient (Wildman–Crippen LogP) is 2.70. The SMILES string of the molecule is CC(=O)N(Br)[C@@H]1C[C@H]1c1ccccc1. The van der Waals surface area contributed by atoms with Crippen LogP contribution in [0.1, 0.15) is 24.8 Å². The van der Waals surface area contributed by atoms with Crippen LogP contribution in [-0.4, -0.2) is 15.9 Å². The molecule has 1 aliphatic carbocycles. The molecular weight excluding hydrogens is 242 g/mol. The van der Waals surface area contributed by atoms with Gasteiger partial charge in [0.15, 0.2) is 0 Å². The summed E-state index contributed by atoms with van der Waals surface area (Å²) in [7, 11) is 0. The van der Waals surface area contributed by atoms with E-state index in [0.29, 0.717) is 12.0 Å². The van der Waals surface area contributed by atoms with Gasteiger partial charge in [0.05, 0.1) is 22.2 Å². The molecule has 2 rings (SSSR count).